The van der Waals surface area contributed by atoms with Gasteiger partial charge in [0, 0.05) is 13.0 Å². The van der Waals surface area contributed by atoms with E-state index in [0.29, 0.717) is 11.7 Å². The van der Waals surface area contributed by atoms with Crippen LogP contribution in [-0.4, -0.2) is 17.1 Å². The second-order valence-electron chi connectivity index (χ2n) is 4.79. The fourth-order valence-electron chi connectivity index (χ4n) is 2.29. The molecule has 1 fully saturated rings. The molecule has 1 heterocycles. The van der Waals surface area contributed by atoms with Crippen LogP contribution in [0.4, 0.5) is 0 Å². The first kappa shape index (κ1) is 14.0. The molecule has 0 amide bonds. The van der Waals surface area contributed by atoms with E-state index in [1.54, 1.807) is 7.11 Å². The summed E-state index contributed by atoms with van der Waals surface area (Å²) in [5.74, 6) is 1.16. The molecule has 2 rings (SSSR count). The Bertz CT molecular complexity index is 482. The van der Waals surface area contributed by atoms with Crippen LogP contribution < -0.4 is 5.56 Å². The lowest BCUT2D eigenvalue weighted by Gasteiger charge is -2.29. The summed E-state index contributed by atoms with van der Waals surface area (Å²) in [6, 6.07) is 0. The second-order valence-corrected chi connectivity index (χ2v) is 5.87. The molecule has 0 aliphatic heterocycles. The second kappa shape index (κ2) is 5.28. The van der Waals surface area contributed by atoms with Gasteiger partial charge in [-0.25, -0.2) is 4.98 Å². The van der Waals surface area contributed by atoms with E-state index in [-0.39, 0.29) is 5.56 Å². The molecule has 1 aromatic rings. The van der Waals surface area contributed by atoms with Crippen LogP contribution in [0.5, 0.6) is 0 Å². The number of nitrogens with zero attached hydrogens (tertiary/aromatic N) is 1. The molecule has 18 heavy (non-hydrogen) atoms. The first-order chi connectivity index (χ1) is 8.57. The number of rotatable bonds is 5. The van der Waals surface area contributed by atoms with Gasteiger partial charge in [-0.3, -0.25) is 4.79 Å². The van der Waals surface area contributed by atoms with Crippen molar-refractivity contribution in [2.45, 2.75) is 51.0 Å². The molecule has 1 N–H and O–H groups in total. The molecule has 0 atom stereocenters. The van der Waals surface area contributed by atoms with Crippen molar-refractivity contribution in [2.24, 2.45) is 0 Å². The highest BCUT2D eigenvalue weighted by molar-refractivity contribution is 14.1. The number of halogens is 1. The molecule has 0 unspecified atom stereocenters. The summed E-state index contributed by atoms with van der Waals surface area (Å²) in [7, 11) is 1.68. The summed E-state index contributed by atoms with van der Waals surface area (Å²) < 4.78 is 6.37. The fourth-order valence-corrected chi connectivity index (χ4v) is 2.99. The maximum absolute atomic E-state index is 12.0. The van der Waals surface area contributed by atoms with E-state index in [1.807, 2.05) is 0 Å². The lowest BCUT2D eigenvalue weighted by molar-refractivity contribution is -0.0295. The van der Waals surface area contributed by atoms with E-state index in [1.165, 1.54) is 0 Å². The van der Waals surface area contributed by atoms with Gasteiger partial charge in [0.2, 0.25) is 0 Å². The molecular formula is C13H19IN2O2. The van der Waals surface area contributed by atoms with E-state index >= 15 is 0 Å². The maximum atomic E-state index is 12.0. The highest BCUT2D eigenvalue weighted by Gasteiger charge is 2.35. The van der Waals surface area contributed by atoms with Crippen molar-refractivity contribution < 1.29 is 4.74 Å². The van der Waals surface area contributed by atoms with Gasteiger partial charge in [-0.2, -0.15) is 0 Å². The first-order valence-electron chi connectivity index (χ1n) is 6.43. The largest absolute Gasteiger partial charge is 0.370 e. The van der Waals surface area contributed by atoms with Gasteiger partial charge in [-0.05, 0) is 48.3 Å². The highest BCUT2D eigenvalue weighted by atomic mass is 127. The van der Waals surface area contributed by atoms with Crippen molar-refractivity contribution >= 4 is 22.6 Å². The van der Waals surface area contributed by atoms with Gasteiger partial charge >= 0.3 is 0 Å². The summed E-state index contributed by atoms with van der Waals surface area (Å²) in [6.07, 6.45) is 3.88. The number of H-pyrrole nitrogens is 1. The quantitative estimate of drug-likeness (QED) is 0.820. The molecule has 0 aromatic carbocycles. The number of aromatic amines is 1. The molecule has 0 bridgehead atoms. The van der Waals surface area contributed by atoms with Gasteiger partial charge in [0.05, 0.1) is 9.26 Å². The van der Waals surface area contributed by atoms with Gasteiger partial charge < -0.3 is 9.72 Å². The predicted molar refractivity (Wildman–Crippen MR) is 78.8 cm³/mol. The third-order valence-electron chi connectivity index (χ3n) is 3.82. The number of ether oxygens (including phenoxy) is 1. The zero-order valence-corrected chi connectivity index (χ0v) is 13.2. The molecule has 5 heteroatoms. The Balaban J connectivity index is 2.54. The van der Waals surface area contributed by atoms with Crippen LogP contribution in [0, 0.1) is 3.57 Å². The zero-order chi connectivity index (χ0) is 13.3. The minimum atomic E-state index is -0.465. The topological polar surface area (TPSA) is 55.0 Å². The Hall–Kier alpha value is -0.430. The average Bonchev–Trinajstić information content (AvgIpc) is 3.20. The van der Waals surface area contributed by atoms with Crippen molar-refractivity contribution in [3.8, 4) is 0 Å². The number of hydrogen-bond donors (Lipinski definition) is 1. The smallest absolute Gasteiger partial charge is 0.264 e. The van der Waals surface area contributed by atoms with Gasteiger partial charge in [0.15, 0.2) is 0 Å². The number of hydrogen-bond acceptors (Lipinski definition) is 3. The Morgan fingerprint density at radius 1 is 1.44 bits per heavy atom. The summed E-state index contributed by atoms with van der Waals surface area (Å²) in [5.41, 5.74) is 0.455. The fraction of sp³-hybridized carbons (Fsp3) is 0.692. The highest BCUT2D eigenvalue weighted by Crippen LogP contribution is 2.41. The Labute approximate surface area is 121 Å². The lowest BCUT2D eigenvalue weighted by atomic mass is 9.96. The molecule has 100 valence electrons. The predicted octanol–water partition coefficient (Wildman–Crippen LogP) is 2.91. The van der Waals surface area contributed by atoms with Crippen LogP contribution >= 0.6 is 22.6 Å². The number of nitrogens with one attached hydrogen (secondary N) is 1. The average molecular weight is 362 g/mol. The van der Waals surface area contributed by atoms with E-state index in [0.717, 1.165) is 34.9 Å². The number of methoxy groups -OCH3 is 1. The van der Waals surface area contributed by atoms with Crippen molar-refractivity contribution in [1.29, 1.82) is 0 Å². The molecule has 1 aliphatic rings. The molecule has 0 spiro atoms. The number of aromatic nitrogens is 2. The summed E-state index contributed by atoms with van der Waals surface area (Å²) in [4.78, 5) is 19.6. The molecule has 1 saturated carbocycles. The zero-order valence-electron chi connectivity index (χ0n) is 11.0. The molecular weight excluding hydrogens is 343 g/mol. The monoisotopic (exact) mass is 362 g/mol. The molecule has 1 aliphatic carbocycles. The van der Waals surface area contributed by atoms with E-state index in [4.69, 9.17) is 9.72 Å². The van der Waals surface area contributed by atoms with Crippen LogP contribution in [0.1, 0.15) is 57.0 Å². The SMILES string of the molecule is CCC(CC)(OC)c1nc(C2CC2)c(I)c(=O)[nH]1. The molecule has 0 radical (unpaired) electrons. The molecule has 1 aromatic heterocycles. The van der Waals surface area contributed by atoms with Crippen LogP contribution in [0.25, 0.3) is 0 Å². The third-order valence-corrected chi connectivity index (χ3v) is 4.86. The standard InChI is InChI=1S/C13H19IN2O2/c1-4-13(5-2,18-3)12-15-10(8-6-7-8)9(14)11(17)16-12/h8H,4-7H2,1-3H3,(H,15,16,17). The summed E-state index contributed by atoms with van der Waals surface area (Å²) in [5, 5.41) is 0. The summed E-state index contributed by atoms with van der Waals surface area (Å²) >= 11 is 2.09. The van der Waals surface area contributed by atoms with Gasteiger partial charge in [-0.15, -0.1) is 0 Å². The van der Waals surface area contributed by atoms with Crippen molar-refractivity contribution in [3.05, 3.63) is 25.4 Å². The molecule has 4 nitrogen and oxygen atoms in total. The maximum Gasteiger partial charge on any atom is 0.264 e. The van der Waals surface area contributed by atoms with Crippen molar-refractivity contribution in [3.63, 3.8) is 0 Å². The summed E-state index contributed by atoms with van der Waals surface area (Å²) in [6.45, 7) is 4.11. The van der Waals surface area contributed by atoms with E-state index in [9.17, 15) is 4.79 Å². The lowest BCUT2D eigenvalue weighted by Crippen LogP contribution is -2.33. The van der Waals surface area contributed by atoms with Crippen molar-refractivity contribution in [2.75, 3.05) is 7.11 Å². The normalized spacial score (nSPS) is 16.0. The van der Waals surface area contributed by atoms with E-state index in [2.05, 4.69) is 41.4 Å². The van der Waals surface area contributed by atoms with E-state index < -0.39 is 5.60 Å². The van der Waals surface area contributed by atoms with Gasteiger partial charge in [0.25, 0.3) is 5.56 Å². The Morgan fingerprint density at radius 2 is 2.06 bits per heavy atom. The van der Waals surface area contributed by atoms with Crippen molar-refractivity contribution in [1.82, 2.24) is 9.97 Å². The minimum absolute atomic E-state index is 0.0363. The van der Waals surface area contributed by atoms with Gasteiger partial charge in [0.1, 0.15) is 11.4 Å². The third kappa shape index (κ3) is 2.34. The Kier molecular flexibility index (Phi) is 4.11. The van der Waals surface area contributed by atoms with Crippen LogP contribution in [0.3, 0.4) is 0 Å². The Morgan fingerprint density at radius 3 is 2.50 bits per heavy atom. The van der Waals surface area contributed by atoms with Crippen LogP contribution in [-0.2, 0) is 10.3 Å². The molecule has 0 saturated heterocycles. The first-order valence-corrected chi connectivity index (χ1v) is 7.51. The van der Waals surface area contributed by atoms with Gasteiger partial charge in [-0.1, -0.05) is 13.8 Å². The minimum Gasteiger partial charge on any atom is -0.370 e. The van der Waals surface area contributed by atoms with Crippen LogP contribution in [0.2, 0.25) is 0 Å². The van der Waals surface area contributed by atoms with Crippen LogP contribution in [0.15, 0.2) is 4.79 Å².